The van der Waals surface area contributed by atoms with Gasteiger partial charge >= 0.3 is 6.61 Å². The quantitative estimate of drug-likeness (QED) is 0.788. The maximum absolute atomic E-state index is 12.0. The Labute approximate surface area is 109 Å². The van der Waals surface area contributed by atoms with Crippen LogP contribution in [-0.4, -0.2) is 45.2 Å². The first kappa shape index (κ1) is 13.9. The molecule has 1 aliphatic rings. The second-order valence-electron chi connectivity index (χ2n) is 4.37. The molecule has 1 aromatic carbocycles. The zero-order valence-electron chi connectivity index (χ0n) is 10.4. The van der Waals surface area contributed by atoms with E-state index in [-0.39, 0.29) is 11.5 Å². The Kier molecular flexibility index (Phi) is 4.81. The van der Waals surface area contributed by atoms with Crippen LogP contribution in [0, 0.1) is 0 Å². The Morgan fingerprint density at radius 1 is 1.26 bits per heavy atom. The lowest BCUT2D eigenvalue weighted by Gasteiger charge is -2.22. The number of Topliss-reactive ketones (excluding diaryl/α,β-unsaturated/α-hetero) is 1. The smallest absolute Gasteiger partial charge is 0.387 e. The Bertz CT molecular complexity index is 416. The number of alkyl halides is 2. The number of rotatable bonds is 5. The molecule has 1 aromatic rings. The summed E-state index contributed by atoms with van der Waals surface area (Å²) in [5, 5.41) is 0. The van der Waals surface area contributed by atoms with Gasteiger partial charge in [0.2, 0.25) is 5.78 Å². The molecule has 1 heterocycles. The number of hydrogen-bond donors (Lipinski definition) is 1. The molecule has 1 fully saturated rings. The average Bonchev–Trinajstić information content (AvgIpc) is 2.40. The van der Waals surface area contributed by atoms with Gasteiger partial charge in [-0.05, 0) is 24.3 Å². The molecular weight excluding hydrogens is 256 g/mol. The van der Waals surface area contributed by atoms with Gasteiger partial charge in [-0.2, -0.15) is 8.78 Å². The van der Waals surface area contributed by atoms with Crippen molar-refractivity contribution in [1.82, 2.24) is 0 Å². The summed E-state index contributed by atoms with van der Waals surface area (Å²) in [6.07, 6.45) is 0. The molecule has 104 valence electrons. The van der Waals surface area contributed by atoms with E-state index in [0.29, 0.717) is 25.3 Å². The van der Waals surface area contributed by atoms with E-state index in [1.54, 1.807) is 0 Å². The molecule has 0 saturated carbocycles. The first-order chi connectivity index (χ1) is 9.15. The molecule has 1 aliphatic heterocycles. The number of nitrogens with one attached hydrogen (secondary N) is 1. The fraction of sp³-hybridized carbons (Fsp3) is 0.462. The van der Waals surface area contributed by atoms with Gasteiger partial charge in [-0.25, -0.2) is 0 Å². The predicted molar refractivity (Wildman–Crippen MR) is 63.8 cm³/mol. The number of hydrogen-bond acceptors (Lipinski definition) is 3. The summed E-state index contributed by atoms with van der Waals surface area (Å²) in [7, 11) is 0. The standard InChI is InChI=1S/C13H15F2NO3/c14-13(15)19-11-3-1-10(2-4-11)12(17)9-16-5-7-18-8-6-16/h1-4,13H,5-9H2/p+1. The van der Waals surface area contributed by atoms with Crippen molar-refractivity contribution in [2.24, 2.45) is 0 Å². The van der Waals surface area contributed by atoms with Gasteiger partial charge in [0.05, 0.1) is 13.2 Å². The van der Waals surface area contributed by atoms with Crippen LogP contribution in [0.25, 0.3) is 0 Å². The zero-order valence-corrected chi connectivity index (χ0v) is 10.4. The predicted octanol–water partition coefficient (Wildman–Crippen LogP) is 0.386. The summed E-state index contributed by atoms with van der Waals surface area (Å²) in [5.74, 6) is 0.0609. The monoisotopic (exact) mass is 272 g/mol. The summed E-state index contributed by atoms with van der Waals surface area (Å²) in [6.45, 7) is 0.530. The van der Waals surface area contributed by atoms with Crippen molar-refractivity contribution in [2.75, 3.05) is 32.8 Å². The van der Waals surface area contributed by atoms with Gasteiger partial charge in [-0.1, -0.05) is 0 Å². The largest absolute Gasteiger partial charge is 0.435 e. The number of quaternary nitrogens is 1. The minimum atomic E-state index is -2.85. The highest BCUT2D eigenvalue weighted by atomic mass is 19.3. The molecule has 0 amide bonds. The fourth-order valence-electron chi connectivity index (χ4n) is 1.99. The van der Waals surface area contributed by atoms with E-state index in [0.717, 1.165) is 13.1 Å². The van der Waals surface area contributed by atoms with E-state index in [1.807, 2.05) is 0 Å². The van der Waals surface area contributed by atoms with Crippen LogP contribution in [0.5, 0.6) is 5.75 Å². The average molecular weight is 272 g/mol. The molecule has 0 spiro atoms. The first-order valence-corrected chi connectivity index (χ1v) is 6.14. The van der Waals surface area contributed by atoms with Gasteiger partial charge in [0.15, 0.2) is 0 Å². The molecule has 0 bridgehead atoms. The van der Waals surface area contributed by atoms with Gasteiger partial charge in [0, 0.05) is 5.56 Å². The molecule has 0 radical (unpaired) electrons. The summed E-state index contributed by atoms with van der Waals surface area (Å²) in [4.78, 5) is 13.2. The van der Waals surface area contributed by atoms with Gasteiger partial charge < -0.3 is 14.4 Å². The second kappa shape index (κ2) is 6.58. The normalized spacial score (nSPS) is 16.6. The highest BCUT2D eigenvalue weighted by Crippen LogP contribution is 2.14. The number of halogens is 2. The van der Waals surface area contributed by atoms with Gasteiger partial charge in [-0.15, -0.1) is 0 Å². The molecular formula is C13H16F2NO3+. The van der Waals surface area contributed by atoms with Crippen molar-refractivity contribution < 1.29 is 27.9 Å². The molecule has 1 saturated heterocycles. The molecule has 0 aromatic heterocycles. The van der Waals surface area contributed by atoms with Gasteiger partial charge in [0.1, 0.15) is 25.4 Å². The van der Waals surface area contributed by atoms with E-state index < -0.39 is 6.61 Å². The maximum Gasteiger partial charge on any atom is 0.387 e. The number of ether oxygens (including phenoxy) is 2. The molecule has 2 rings (SSSR count). The summed E-state index contributed by atoms with van der Waals surface area (Å²) >= 11 is 0. The van der Waals surface area contributed by atoms with Crippen molar-refractivity contribution >= 4 is 5.78 Å². The van der Waals surface area contributed by atoms with Crippen LogP contribution in [-0.2, 0) is 4.74 Å². The zero-order chi connectivity index (χ0) is 13.7. The SMILES string of the molecule is O=C(C[NH+]1CCOCC1)c1ccc(OC(F)F)cc1. The third-order valence-electron chi connectivity index (χ3n) is 3.01. The van der Waals surface area contributed by atoms with Crippen molar-refractivity contribution in [2.45, 2.75) is 6.61 Å². The minimum Gasteiger partial charge on any atom is -0.435 e. The number of carbonyl (C=O) groups excluding carboxylic acids is 1. The minimum absolute atomic E-state index is 0.000460. The van der Waals surface area contributed by atoms with Crippen LogP contribution in [0.4, 0.5) is 8.78 Å². The van der Waals surface area contributed by atoms with Crippen LogP contribution >= 0.6 is 0 Å². The second-order valence-corrected chi connectivity index (χ2v) is 4.37. The van der Waals surface area contributed by atoms with Crippen LogP contribution in [0.1, 0.15) is 10.4 Å². The van der Waals surface area contributed by atoms with Crippen molar-refractivity contribution in [3.8, 4) is 5.75 Å². The lowest BCUT2D eigenvalue weighted by Crippen LogP contribution is -3.14. The van der Waals surface area contributed by atoms with E-state index >= 15 is 0 Å². The third kappa shape index (κ3) is 4.25. The Hall–Kier alpha value is -1.53. The van der Waals surface area contributed by atoms with Crippen molar-refractivity contribution in [1.29, 1.82) is 0 Å². The number of ketones is 1. The number of morpholine rings is 1. The summed E-state index contributed by atoms with van der Waals surface area (Å²) < 4.78 is 33.4. The van der Waals surface area contributed by atoms with Gasteiger partial charge in [-0.3, -0.25) is 4.79 Å². The molecule has 19 heavy (non-hydrogen) atoms. The molecule has 0 unspecified atom stereocenters. The molecule has 4 nitrogen and oxygen atoms in total. The van der Waals surface area contributed by atoms with Crippen molar-refractivity contribution in [3.05, 3.63) is 29.8 Å². The Morgan fingerprint density at radius 2 is 1.89 bits per heavy atom. The lowest BCUT2D eigenvalue weighted by atomic mass is 10.1. The van der Waals surface area contributed by atoms with Crippen LogP contribution in [0.3, 0.4) is 0 Å². The van der Waals surface area contributed by atoms with E-state index in [9.17, 15) is 13.6 Å². The molecule has 6 heteroatoms. The highest BCUT2D eigenvalue weighted by Gasteiger charge is 2.18. The van der Waals surface area contributed by atoms with E-state index in [1.165, 1.54) is 29.2 Å². The first-order valence-electron chi connectivity index (χ1n) is 6.14. The Morgan fingerprint density at radius 3 is 2.47 bits per heavy atom. The fourth-order valence-corrected chi connectivity index (χ4v) is 1.99. The topological polar surface area (TPSA) is 40.0 Å². The third-order valence-corrected chi connectivity index (χ3v) is 3.01. The number of benzene rings is 1. The molecule has 0 atom stereocenters. The summed E-state index contributed by atoms with van der Waals surface area (Å²) in [5.41, 5.74) is 0.514. The van der Waals surface area contributed by atoms with Crippen LogP contribution in [0.15, 0.2) is 24.3 Å². The van der Waals surface area contributed by atoms with Crippen LogP contribution < -0.4 is 9.64 Å². The van der Waals surface area contributed by atoms with E-state index in [4.69, 9.17) is 4.74 Å². The van der Waals surface area contributed by atoms with Crippen molar-refractivity contribution in [3.63, 3.8) is 0 Å². The molecule has 1 N–H and O–H groups in total. The van der Waals surface area contributed by atoms with Crippen LogP contribution in [0.2, 0.25) is 0 Å². The van der Waals surface area contributed by atoms with Gasteiger partial charge in [0.25, 0.3) is 0 Å². The molecule has 0 aliphatic carbocycles. The van der Waals surface area contributed by atoms with E-state index in [2.05, 4.69) is 4.74 Å². The number of carbonyl (C=O) groups is 1. The maximum atomic E-state index is 12.0. The summed E-state index contributed by atoms with van der Waals surface area (Å²) in [6, 6.07) is 5.79. The lowest BCUT2D eigenvalue weighted by molar-refractivity contribution is -0.899. The highest BCUT2D eigenvalue weighted by molar-refractivity contribution is 5.96. The Balaban J connectivity index is 1.91.